The summed E-state index contributed by atoms with van der Waals surface area (Å²) in [6.07, 6.45) is 0.860. The second-order valence-corrected chi connectivity index (χ2v) is 8.70. The molecule has 138 valence electrons. The summed E-state index contributed by atoms with van der Waals surface area (Å²) in [6.45, 7) is 1.88. The Balaban J connectivity index is 2.09. The van der Waals surface area contributed by atoms with Crippen LogP contribution in [0.4, 0.5) is 0 Å². The summed E-state index contributed by atoms with van der Waals surface area (Å²) < 4.78 is 31.5. The Morgan fingerprint density at radius 3 is 2.23 bits per heavy atom. The van der Waals surface area contributed by atoms with Crippen molar-refractivity contribution in [3.63, 3.8) is 0 Å². The van der Waals surface area contributed by atoms with Crippen molar-refractivity contribution in [2.75, 3.05) is 13.7 Å². The lowest BCUT2D eigenvalue weighted by Gasteiger charge is -2.12. The van der Waals surface area contributed by atoms with Gasteiger partial charge in [-0.05, 0) is 29.7 Å². The third-order valence-corrected chi connectivity index (χ3v) is 7.48. The van der Waals surface area contributed by atoms with Crippen molar-refractivity contribution in [2.45, 2.75) is 29.4 Å². The van der Waals surface area contributed by atoms with Crippen LogP contribution in [0.3, 0.4) is 0 Å². The van der Waals surface area contributed by atoms with Gasteiger partial charge in [-0.25, -0.2) is 8.42 Å². The van der Waals surface area contributed by atoms with E-state index in [1.165, 1.54) is 19.2 Å². The smallest absolute Gasteiger partial charge is 0.314 e. The van der Waals surface area contributed by atoms with Gasteiger partial charge in [0, 0.05) is 13.0 Å². The van der Waals surface area contributed by atoms with E-state index in [9.17, 15) is 18.3 Å². The molecule has 0 bridgehead atoms. The minimum atomic E-state index is -3.81. The summed E-state index contributed by atoms with van der Waals surface area (Å²) in [5.41, 5.74) is 0.354. The number of carbonyl (C=O) groups is 1. The van der Waals surface area contributed by atoms with E-state index in [1.807, 2.05) is 31.2 Å². The van der Waals surface area contributed by atoms with Crippen LogP contribution >= 0.6 is 0 Å². The summed E-state index contributed by atoms with van der Waals surface area (Å²) in [5.74, 6) is -1.79. The number of rotatable bonds is 7. The molecule has 1 N–H and O–H groups in total. The molecular weight excluding hydrogens is 352 g/mol. The van der Waals surface area contributed by atoms with E-state index in [0.29, 0.717) is 5.56 Å². The highest BCUT2D eigenvalue weighted by Gasteiger charge is 2.76. The zero-order valence-corrected chi connectivity index (χ0v) is 15.6. The SMILES string of the molecule is CCc1ccc([C@@H]2[C@H](S(=O)(=O)c3ccccc3)[C@]2(COC)C(=O)O)cc1. The third-order valence-electron chi connectivity index (χ3n) is 5.19. The van der Waals surface area contributed by atoms with Gasteiger partial charge in [0.05, 0.1) is 16.8 Å². The van der Waals surface area contributed by atoms with Crippen molar-refractivity contribution in [1.29, 1.82) is 0 Å². The molecule has 0 saturated heterocycles. The van der Waals surface area contributed by atoms with Crippen LogP contribution in [0.1, 0.15) is 24.0 Å². The lowest BCUT2D eigenvalue weighted by molar-refractivity contribution is -0.145. The summed E-state index contributed by atoms with van der Waals surface area (Å²) >= 11 is 0. The van der Waals surface area contributed by atoms with E-state index in [-0.39, 0.29) is 11.5 Å². The number of carboxylic acids is 1. The molecule has 5 nitrogen and oxygen atoms in total. The molecule has 6 heteroatoms. The minimum Gasteiger partial charge on any atom is -0.481 e. The molecule has 3 rings (SSSR count). The molecular formula is C20H22O5S. The Morgan fingerprint density at radius 2 is 1.73 bits per heavy atom. The van der Waals surface area contributed by atoms with Crippen molar-refractivity contribution in [1.82, 2.24) is 0 Å². The molecule has 2 aromatic rings. The van der Waals surface area contributed by atoms with Gasteiger partial charge in [-0.15, -0.1) is 0 Å². The van der Waals surface area contributed by atoms with Gasteiger partial charge in [0.25, 0.3) is 0 Å². The van der Waals surface area contributed by atoms with E-state index < -0.39 is 32.4 Å². The first kappa shape index (κ1) is 18.6. The quantitative estimate of drug-likeness (QED) is 0.806. The highest BCUT2D eigenvalue weighted by molar-refractivity contribution is 7.92. The molecule has 1 fully saturated rings. The molecule has 1 aliphatic carbocycles. The molecule has 0 spiro atoms. The summed E-state index contributed by atoms with van der Waals surface area (Å²) in [7, 11) is -2.42. The second-order valence-electron chi connectivity index (χ2n) is 6.63. The molecule has 0 aliphatic heterocycles. The molecule has 1 aliphatic rings. The number of aryl methyl sites for hydroxylation is 1. The number of hydrogen-bond acceptors (Lipinski definition) is 4. The maximum Gasteiger partial charge on any atom is 0.314 e. The number of hydrogen-bond donors (Lipinski definition) is 1. The lowest BCUT2D eigenvalue weighted by Crippen LogP contribution is -2.28. The van der Waals surface area contributed by atoms with E-state index in [4.69, 9.17) is 4.74 Å². The molecule has 3 atom stereocenters. The van der Waals surface area contributed by atoms with Crippen LogP contribution < -0.4 is 0 Å². The molecule has 0 amide bonds. The predicted octanol–water partition coefficient (Wildman–Crippen LogP) is 2.91. The van der Waals surface area contributed by atoms with Crippen molar-refractivity contribution < 1.29 is 23.1 Å². The number of methoxy groups -OCH3 is 1. The molecule has 0 heterocycles. The summed E-state index contributed by atoms with van der Waals surface area (Å²) in [4.78, 5) is 12.3. The Kier molecular flexibility index (Phi) is 4.90. The Morgan fingerprint density at radius 1 is 1.12 bits per heavy atom. The van der Waals surface area contributed by atoms with Gasteiger partial charge in [-0.2, -0.15) is 0 Å². The maximum atomic E-state index is 13.2. The Hall–Kier alpha value is -2.18. The normalized spacial score (nSPS) is 25.0. The van der Waals surface area contributed by atoms with Crippen LogP contribution in [-0.2, 0) is 25.8 Å². The van der Waals surface area contributed by atoms with Crippen molar-refractivity contribution >= 4 is 15.8 Å². The van der Waals surface area contributed by atoms with Crippen LogP contribution in [-0.4, -0.2) is 38.5 Å². The minimum absolute atomic E-state index is 0.138. The molecule has 0 aromatic heterocycles. The fourth-order valence-electron chi connectivity index (χ4n) is 3.78. The number of carboxylic acid groups (broad SMARTS) is 1. The van der Waals surface area contributed by atoms with E-state index in [2.05, 4.69) is 0 Å². The number of sulfone groups is 1. The molecule has 0 radical (unpaired) electrons. The van der Waals surface area contributed by atoms with Gasteiger partial charge in [0.1, 0.15) is 5.41 Å². The number of benzene rings is 2. The second kappa shape index (κ2) is 6.85. The average Bonchev–Trinajstić information content (AvgIpc) is 3.34. The van der Waals surface area contributed by atoms with Gasteiger partial charge >= 0.3 is 5.97 Å². The third kappa shape index (κ3) is 2.83. The standard InChI is InChI=1S/C20H22O5S/c1-3-14-9-11-15(12-10-14)17-18(20(17,13-25-2)19(21)22)26(23,24)16-7-5-4-6-8-16/h4-12,17-18H,3,13H2,1-2H3,(H,21,22)/t17-,18+,20-/m1/s1. The van der Waals surface area contributed by atoms with Crippen LogP contribution in [0, 0.1) is 5.41 Å². The van der Waals surface area contributed by atoms with Gasteiger partial charge < -0.3 is 9.84 Å². The van der Waals surface area contributed by atoms with Crippen molar-refractivity contribution in [3.05, 3.63) is 65.7 Å². The maximum absolute atomic E-state index is 13.2. The van der Waals surface area contributed by atoms with Gasteiger partial charge in [0.2, 0.25) is 0 Å². The van der Waals surface area contributed by atoms with Crippen LogP contribution in [0.2, 0.25) is 0 Å². The van der Waals surface area contributed by atoms with Crippen LogP contribution in [0.15, 0.2) is 59.5 Å². The topological polar surface area (TPSA) is 80.7 Å². The summed E-state index contributed by atoms with van der Waals surface area (Å²) in [5, 5.41) is 8.85. The molecule has 1 saturated carbocycles. The zero-order chi connectivity index (χ0) is 18.9. The van der Waals surface area contributed by atoms with Crippen LogP contribution in [0.5, 0.6) is 0 Å². The average molecular weight is 374 g/mol. The first-order chi connectivity index (χ1) is 12.4. The fourth-order valence-corrected chi connectivity index (χ4v) is 6.16. The van der Waals surface area contributed by atoms with E-state index in [1.54, 1.807) is 18.2 Å². The molecule has 26 heavy (non-hydrogen) atoms. The fraction of sp³-hybridized carbons (Fsp3) is 0.350. The monoisotopic (exact) mass is 374 g/mol. The van der Waals surface area contributed by atoms with Gasteiger partial charge in [0.15, 0.2) is 9.84 Å². The largest absolute Gasteiger partial charge is 0.481 e. The summed E-state index contributed by atoms with van der Waals surface area (Å²) in [6, 6.07) is 15.5. The number of ether oxygens (including phenoxy) is 1. The highest BCUT2D eigenvalue weighted by atomic mass is 32.2. The molecule has 0 unspecified atom stereocenters. The van der Waals surface area contributed by atoms with E-state index in [0.717, 1.165) is 12.0 Å². The number of aliphatic carboxylic acids is 1. The van der Waals surface area contributed by atoms with Gasteiger partial charge in [-0.3, -0.25) is 4.79 Å². The first-order valence-corrected chi connectivity index (χ1v) is 10.0. The van der Waals surface area contributed by atoms with Gasteiger partial charge in [-0.1, -0.05) is 49.4 Å². The zero-order valence-electron chi connectivity index (χ0n) is 14.8. The predicted molar refractivity (Wildman–Crippen MR) is 97.9 cm³/mol. The van der Waals surface area contributed by atoms with Crippen molar-refractivity contribution in [2.24, 2.45) is 5.41 Å². The Labute approximate surface area is 153 Å². The van der Waals surface area contributed by atoms with Crippen molar-refractivity contribution in [3.8, 4) is 0 Å². The Bertz CT molecular complexity index is 890. The molecule has 2 aromatic carbocycles. The van der Waals surface area contributed by atoms with Crippen LogP contribution in [0.25, 0.3) is 0 Å². The lowest BCUT2D eigenvalue weighted by atomic mass is 9.99. The highest BCUT2D eigenvalue weighted by Crippen LogP contribution is 2.64. The van der Waals surface area contributed by atoms with E-state index >= 15 is 0 Å². The first-order valence-electron chi connectivity index (χ1n) is 8.49.